The Morgan fingerprint density at radius 1 is 1.26 bits per heavy atom. The fourth-order valence-corrected chi connectivity index (χ4v) is 2.21. The van der Waals surface area contributed by atoms with Gasteiger partial charge in [0.15, 0.2) is 0 Å². The summed E-state index contributed by atoms with van der Waals surface area (Å²) in [7, 11) is 0. The van der Waals surface area contributed by atoms with E-state index in [0.717, 1.165) is 10.0 Å². The largest absolute Gasteiger partial charge is 0.452 e. The summed E-state index contributed by atoms with van der Waals surface area (Å²) in [6, 6.07) is 9.35. The quantitative estimate of drug-likeness (QED) is 0.900. The van der Waals surface area contributed by atoms with Crippen LogP contribution in [0.25, 0.3) is 0 Å². The monoisotopic (exact) mass is 341 g/mol. The minimum absolute atomic E-state index is 0.101. The molecule has 1 aromatic heterocycles. The molecule has 0 saturated carbocycles. The molecule has 1 amide bonds. The number of halogens is 2. The van der Waals surface area contributed by atoms with Crippen molar-refractivity contribution in [1.82, 2.24) is 5.32 Å². The summed E-state index contributed by atoms with van der Waals surface area (Å²) >= 11 is 9.18. The summed E-state index contributed by atoms with van der Waals surface area (Å²) in [5.74, 6) is -0.258. The van der Waals surface area contributed by atoms with E-state index in [1.165, 1.54) is 6.26 Å². The Hall–Kier alpha value is -1.26. The molecule has 0 unspecified atom stereocenters. The number of nitrogens with one attached hydrogen (secondary N) is 1. The molecule has 0 aliphatic heterocycles. The van der Waals surface area contributed by atoms with E-state index >= 15 is 0 Å². The highest BCUT2D eigenvalue weighted by Gasteiger charge is 2.25. The van der Waals surface area contributed by atoms with Crippen molar-refractivity contribution in [2.45, 2.75) is 19.4 Å². The number of hydrogen-bond acceptors (Lipinski definition) is 2. The van der Waals surface area contributed by atoms with Crippen molar-refractivity contribution in [3.05, 3.63) is 57.4 Å². The van der Waals surface area contributed by atoms with Crippen LogP contribution in [0.3, 0.4) is 0 Å². The van der Waals surface area contributed by atoms with Crippen molar-refractivity contribution in [3.8, 4) is 0 Å². The Kier molecular flexibility index (Phi) is 4.02. The first kappa shape index (κ1) is 14.2. The Morgan fingerprint density at radius 3 is 2.42 bits per heavy atom. The van der Waals surface area contributed by atoms with E-state index < -0.39 is 5.54 Å². The van der Waals surface area contributed by atoms with Crippen LogP contribution in [0.2, 0.25) is 5.22 Å². The molecule has 1 N–H and O–H groups in total. The lowest BCUT2D eigenvalue weighted by molar-refractivity contribution is 0.0911. The number of carbonyl (C=O) groups excluding carboxylic acids is 1. The number of furan rings is 1. The lowest BCUT2D eigenvalue weighted by Crippen LogP contribution is -2.40. The molecule has 0 aliphatic rings. The number of carbonyl (C=O) groups is 1. The Labute approximate surface area is 125 Å². The van der Waals surface area contributed by atoms with Crippen molar-refractivity contribution in [2.75, 3.05) is 0 Å². The van der Waals surface area contributed by atoms with Crippen LogP contribution in [-0.4, -0.2) is 5.91 Å². The summed E-state index contributed by atoms with van der Waals surface area (Å²) in [4.78, 5) is 12.1. The van der Waals surface area contributed by atoms with Gasteiger partial charge in [0, 0.05) is 4.47 Å². The number of rotatable bonds is 3. The van der Waals surface area contributed by atoms with Gasteiger partial charge < -0.3 is 9.73 Å². The van der Waals surface area contributed by atoms with Crippen molar-refractivity contribution in [3.63, 3.8) is 0 Å². The van der Waals surface area contributed by atoms with E-state index in [-0.39, 0.29) is 11.1 Å². The predicted octanol–water partition coefficient (Wildman–Crippen LogP) is 4.36. The number of benzene rings is 1. The van der Waals surface area contributed by atoms with E-state index in [9.17, 15) is 4.79 Å². The molecule has 1 heterocycles. The van der Waals surface area contributed by atoms with Crippen molar-refractivity contribution >= 4 is 33.4 Å². The molecule has 0 fully saturated rings. The Morgan fingerprint density at radius 2 is 1.89 bits per heavy atom. The van der Waals surface area contributed by atoms with E-state index in [0.29, 0.717) is 5.56 Å². The van der Waals surface area contributed by atoms with Crippen LogP contribution in [-0.2, 0) is 5.54 Å². The molecular formula is C14H13BrClNO2. The van der Waals surface area contributed by atoms with Gasteiger partial charge in [0.05, 0.1) is 17.4 Å². The second-order valence-corrected chi connectivity index (χ2v) is 5.95. The van der Waals surface area contributed by atoms with Gasteiger partial charge in [0.25, 0.3) is 5.91 Å². The molecule has 0 saturated heterocycles. The van der Waals surface area contributed by atoms with Gasteiger partial charge in [0.2, 0.25) is 5.22 Å². The second kappa shape index (κ2) is 5.39. The average Bonchev–Trinajstić information content (AvgIpc) is 2.75. The lowest BCUT2D eigenvalue weighted by atomic mass is 9.94. The molecule has 0 bridgehead atoms. The van der Waals surface area contributed by atoms with E-state index in [1.54, 1.807) is 6.07 Å². The van der Waals surface area contributed by atoms with E-state index in [1.807, 2.05) is 38.1 Å². The maximum absolute atomic E-state index is 12.1. The summed E-state index contributed by atoms with van der Waals surface area (Å²) in [6.45, 7) is 3.87. The minimum atomic E-state index is -0.502. The Bertz CT molecular complexity index is 590. The molecule has 2 rings (SSSR count). The van der Waals surface area contributed by atoms with E-state index in [4.69, 9.17) is 16.0 Å². The minimum Gasteiger partial charge on any atom is -0.452 e. The summed E-state index contributed by atoms with van der Waals surface area (Å²) in [6.07, 6.45) is 1.39. The number of amides is 1. The predicted molar refractivity (Wildman–Crippen MR) is 78.4 cm³/mol. The highest BCUT2D eigenvalue weighted by Crippen LogP contribution is 2.24. The molecule has 0 aliphatic carbocycles. The van der Waals surface area contributed by atoms with Gasteiger partial charge in [-0.1, -0.05) is 28.1 Å². The fourth-order valence-electron chi connectivity index (χ4n) is 1.75. The van der Waals surface area contributed by atoms with Gasteiger partial charge in [-0.15, -0.1) is 0 Å². The third kappa shape index (κ3) is 3.19. The molecule has 0 atom stereocenters. The van der Waals surface area contributed by atoms with Crippen LogP contribution in [0.1, 0.15) is 29.8 Å². The molecule has 1 aromatic carbocycles. The highest BCUT2D eigenvalue weighted by atomic mass is 79.9. The molecule has 0 spiro atoms. The van der Waals surface area contributed by atoms with Gasteiger partial charge >= 0.3 is 0 Å². The SMILES string of the molecule is CC(C)(NC(=O)c1ccoc1Cl)c1ccc(Br)cc1. The molecular weight excluding hydrogens is 330 g/mol. The zero-order valence-electron chi connectivity index (χ0n) is 10.5. The molecule has 100 valence electrons. The maximum Gasteiger partial charge on any atom is 0.256 e. The highest BCUT2D eigenvalue weighted by molar-refractivity contribution is 9.10. The van der Waals surface area contributed by atoms with Crippen LogP contribution >= 0.6 is 27.5 Å². The number of hydrogen-bond donors (Lipinski definition) is 1. The van der Waals surface area contributed by atoms with Gasteiger partial charge in [-0.3, -0.25) is 4.79 Å². The lowest BCUT2D eigenvalue weighted by Gasteiger charge is -2.26. The average molecular weight is 343 g/mol. The Balaban J connectivity index is 2.19. The zero-order valence-corrected chi connectivity index (χ0v) is 12.9. The first-order chi connectivity index (χ1) is 8.90. The molecule has 3 nitrogen and oxygen atoms in total. The summed E-state index contributed by atoms with van der Waals surface area (Å²) < 4.78 is 5.92. The van der Waals surface area contributed by atoms with Crippen LogP contribution in [0.5, 0.6) is 0 Å². The van der Waals surface area contributed by atoms with Gasteiger partial charge in [0.1, 0.15) is 0 Å². The second-order valence-electron chi connectivity index (χ2n) is 4.69. The maximum atomic E-state index is 12.1. The smallest absolute Gasteiger partial charge is 0.256 e. The van der Waals surface area contributed by atoms with Crippen molar-refractivity contribution < 1.29 is 9.21 Å². The van der Waals surface area contributed by atoms with Crippen molar-refractivity contribution in [1.29, 1.82) is 0 Å². The molecule has 5 heteroatoms. The third-order valence-electron chi connectivity index (χ3n) is 2.85. The van der Waals surface area contributed by atoms with Crippen LogP contribution < -0.4 is 5.32 Å². The van der Waals surface area contributed by atoms with Crippen LogP contribution in [0, 0.1) is 0 Å². The summed E-state index contributed by atoms with van der Waals surface area (Å²) in [5, 5.41) is 3.04. The topological polar surface area (TPSA) is 42.2 Å². The van der Waals surface area contributed by atoms with Crippen LogP contribution in [0.4, 0.5) is 0 Å². The standard InChI is InChI=1S/C14H13BrClNO2/c1-14(2,9-3-5-10(15)6-4-9)17-13(18)11-7-8-19-12(11)16/h3-8H,1-2H3,(H,17,18). The summed E-state index contributed by atoms with van der Waals surface area (Å²) in [5.41, 5.74) is 0.841. The normalized spacial score (nSPS) is 11.4. The first-order valence-corrected chi connectivity index (χ1v) is 6.89. The fraction of sp³-hybridized carbons (Fsp3) is 0.214. The van der Waals surface area contributed by atoms with Crippen LogP contribution in [0.15, 0.2) is 45.5 Å². The third-order valence-corrected chi connectivity index (χ3v) is 3.68. The first-order valence-electron chi connectivity index (χ1n) is 5.72. The zero-order chi connectivity index (χ0) is 14.0. The molecule has 2 aromatic rings. The van der Waals surface area contributed by atoms with Gasteiger partial charge in [-0.25, -0.2) is 0 Å². The molecule has 0 radical (unpaired) electrons. The van der Waals surface area contributed by atoms with Gasteiger partial charge in [-0.05, 0) is 49.2 Å². The van der Waals surface area contributed by atoms with E-state index in [2.05, 4.69) is 21.2 Å². The molecule has 19 heavy (non-hydrogen) atoms. The van der Waals surface area contributed by atoms with Gasteiger partial charge in [-0.2, -0.15) is 0 Å². The van der Waals surface area contributed by atoms with Crippen molar-refractivity contribution in [2.24, 2.45) is 0 Å².